The van der Waals surface area contributed by atoms with Crippen LogP contribution in [-0.4, -0.2) is 30.6 Å². The number of benzene rings is 2. The topological polar surface area (TPSA) is 88.7 Å². The highest BCUT2D eigenvalue weighted by molar-refractivity contribution is 9.10. The van der Waals surface area contributed by atoms with Gasteiger partial charge in [-0.15, -0.1) is 0 Å². The zero-order valence-electron chi connectivity index (χ0n) is 18.3. The molecule has 0 fully saturated rings. The Balaban J connectivity index is 1.74. The van der Waals surface area contributed by atoms with Crippen molar-refractivity contribution in [3.05, 3.63) is 64.1 Å². The summed E-state index contributed by atoms with van der Waals surface area (Å²) in [5.41, 5.74) is 6.82. The zero-order chi connectivity index (χ0) is 23.7. The highest BCUT2D eigenvalue weighted by atomic mass is 79.9. The Morgan fingerprint density at radius 2 is 1.78 bits per heavy atom. The predicted octanol–water partition coefficient (Wildman–Crippen LogP) is 3.87. The minimum absolute atomic E-state index is 0.00626. The van der Waals surface area contributed by atoms with E-state index in [0.717, 1.165) is 21.3 Å². The maximum absolute atomic E-state index is 12.0. The SMILES string of the molecule is COc1ccc(/C=C/C(=O)NC(=S)NNC(=O)COc2ccc(C(C)(C)C)cc2Br)cc1. The Morgan fingerprint density at radius 1 is 1.09 bits per heavy atom. The number of hydrogen-bond donors (Lipinski definition) is 3. The summed E-state index contributed by atoms with van der Waals surface area (Å²) < 4.78 is 11.4. The summed E-state index contributed by atoms with van der Waals surface area (Å²) in [5, 5.41) is 2.40. The second-order valence-electron chi connectivity index (χ2n) is 7.78. The molecule has 0 aliphatic heterocycles. The van der Waals surface area contributed by atoms with Gasteiger partial charge in [-0.2, -0.15) is 0 Å². The van der Waals surface area contributed by atoms with Gasteiger partial charge in [-0.25, -0.2) is 0 Å². The molecule has 7 nitrogen and oxygen atoms in total. The number of halogens is 1. The van der Waals surface area contributed by atoms with Crippen molar-refractivity contribution in [1.29, 1.82) is 0 Å². The van der Waals surface area contributed by atoms with Crippen LogP contribution in [0, 0.1) is 0 Å². The summed E-state index contributed by atoms with van der Waals surface area (Å²) in [4.78, 5) is 23.9. The Labute approximate surface area is 201 Å². The van der Waals surface area contributed by atoms with Crippen molar-refractivity contribution in [3.63, 3.8) is 0 Å². The molecule has 0 spiro atoms. The van der Waals surface area contributed by atoms with Gasteiger partial charge in [0.15, 0.2) is 11.7 Å². The van der Waals surface area contributed by atoms with Gasteiger partial charge in [0.05, 0.1) is 11.6 Å². The van der Waals surface area contributed by atoms with E-state index in [1.807, 2.05) is 30.3 Å². The largest absolute Gasteiger partial charge is 0.497 e. The molecule has 0 aromatic heterocycles. The number of methoxy groups -OCH3 is 1. The van der Waals surface area contributed by atoms with E-state index in [0.29, 0.717) is 5.75 Å². The fraction of sp³-hybridized carbons (Fsp3) is 0.261. The lowest BCUT2D eigenvalue weighted by atomic mass is 9.87. The van der Waals surface area contributed by atoms with Crippen molar-refractivity contribution >= 4 is 51.2 Å². The first-order valence-corrected chi connectivity index (χ1v) is 10.9. The first-order valence-electron chi connectivity index (χ1n) is 9.73. The number of carbonyl (C=O) groups excluding carboxylic acids is 2. The third-order valence-corrected chi connectivity index (χ3v) is 5.08. The molecule has 9 heteroatoms. The quantitative estimate of drug-likeness (QED) is 0.305. The number of carbonyl (C=O) groups is 2. The molecule has 0 saturated heterocycles. The van der Waals surface area contributed by atoms with Gasteiger partial charge in [-0.3, -0.25) is 25.8 Å². The number of thiocarbonyl (C=S) groups is 1. The van der Waals surface area contributed by atoms with E-state index in [2.05, 4.69) is 52.9 Å². The van der Waals surface area contributed by atoms with Gasteiger partial charge < -0.3 is 9.47 Å². The molecule has 0 aliphatic rings. The number of nitrogens with one attached hydrogen (secondary N) is 3. The van der Waals surface area contributed by atoms with Crippen LogP contribution in [0.25, 0.3) is 6.08 Å². The van der Waals surface area contributed by atoms with Crippen LogP contribution in [0.3, 0.4) is 0 Å². The first-order chi connectivity index (χ1) is 15.1. The third kappa shape index (κ3) is 8.32. The van der Waals surface area contributed by atoms with Crippen LogP contribution in [0.5, 0.6) is 11.5 Å². The summed E-state index contributed by atoms with van der Waals surface area (Å²) in [6.07, 6.45) is 2.96. The lowest BCUT2D eigenvalue weighted by molar-refractivity contribution is -0.123. The Kier molecular flexibility index (Phi) is 9.22. The lowest BCUT2D eigenvalue weighted by Crippen LogP contribution is -2.49. The maximum atomic E-state index is 12.0. The highest BCUT2D eigenvalue weighted by Crippen LogP contribution is 2.31. The second-order valence-corrected chi connectivity index (χ2v) is 9.04. The average molecular weight is 520 g/mol. The Bertz CT molecular complexity index is 1000. The normalized spacial score (nSPS) is 11.0. The van der Waals surface area contributed by atoms with Gasteiger partial charge >= 0.3 is 0 Å². The lowest BCUT2D eigenvalue weighted by Gasteiger charge is -2.20. The third-order valence-electron chi connectivity index (χ3n) is 4.25. The summed E-state index contributed by atoms with van der Waals surface area (Å²) in [7, 11) is 1.58. The number of rotatable bonds is 6. The fourth-order valence-electron chi connectivity index (χ4n) is 2.46. The van der Waals surface area contributed by atoms with Crippen molar-refractivity contribution in [2.45, 2.75) is 26.2 Å². The van der Waals surface area contributed by atoms with E-state index in [9.17, 15) is 9.59 Å². The van der Waals surface area contributed by atoms with Crippen molar-refractivity contribution in [2.75, 3.05) is 13.7 Å². The van der Waals surface area contributed by atoms with Gasteiger partial charge in [0.2, 0.25) is 5.91 Å². The molecule has 0 atom stereocenters. The molecule has 3 N–H and O–H groups in total. The van der Waals surface area contributed by atoms with E-state index in [1.54, 1.807) is 25.3 Å². The Morgan fingerprint density at radius 3 is 2.38 bits per heavy atom. The highest BCUT2D eigenvalue weighted by Gasteiger charge is 2.15. The Hall–Kier alpha value is -2.91. The van der Waals surface area contributed by atoms with E-state index in [4.69, 9.17) is 21.7 Å². The van der Waals surface area contributed by atoms with Crippen LogP contribution in [0.2, 0.25) is 0 Å². The van der Waals surface area contributed by atoms with Crippen molar-refractivity contribution < 1.29 is 19.1 Å². The predicted molar refractivity (Wildman–Crippen MR) is 132 cm³/mol. The van der Waals surface area contributed by atoms with E-state index in [1.165, 1.54) is 6.08 Å². The molecule has 32 heavy (non-hydrogen) atoms. The molecule has 170 valence electrons. The maximum Gasteiger partial charge on any atom is 0.276 e. The number of hydrogen-bond acceptors (Lipinski definition) is 5. The van der Waals surface area contributed by atoms with E-state index in [-0.39, 0.29) is 17.1 Å². The molecular formula is C23H26BrN3O4S. The molecule has 2 aromatic carbocycles. The van der Waals surface area contributed by atoms with Gasteiger partial charge in [-0.1, -0.05) is 39.0 Å². The van der Waals surface area contributed by atoms with Crippen LogP contribution in [0.1, 0.15) is 31.9 Å². The molecule has 0 bridgehead atoms. The molecule has 0 unspecified atom stereocenters. The summed E-state index contributed by atoms with van der Waals surface area (Å²) in [6, 6.07) is 12.9. The smallest absolute Gasteiger partial charge is 0.276 e. The monoisotopic (exact) mass is 519 g/mol. The number of hydrazine groups is 1. The zero-order valence-corrected chi connectivity index (χ0v) is 20.7. The molecule has 2 rings (SSSR count). The van der Waals surface area contributed by atoms with Gasteiger partial charge in [0.1, 0.15) is 11.5 Å². The fourth-order valence-corrected chi connectivity index (χ4v) is 3.11. The van der Waals surface area contributed by atoms with Gasteiger partial charge in [-0.05, 0) is 75.0 Å². The van der Waals surface area contributed by atoms with Crippen LogP contribution < -0.4 is 25.6 Å². The van der Waals surface area contributed by atoms with Crippen LogP contribution in [0.4, 0.5) is 0 Å². The summed E-state index contributed by atoms with van der Waals surface area (Å²) in [6.45, 7) is 6.12. The van der Waals surface area contributed by atoms with E-state index >= 15 is 0 Å². The molecule has 0 radical (unpaired) electrons. The van der Waals surface area contributed by atoms with Gasteiger partial charge in [0, 0.05) is 6.08 Å². The van der Waals surface area contributed by atoms with Crippen molar-refractivity contribution in [2.24, 2.45) is 0 Å². The first kappa shape index (κ1) is 25.4. The molecule has 0 aliphatic carbocycles. The van der Waals surface area contributed by atoms with Crippen molar-refractivity contribution in [3.8, 4) is 11.5 Å². The summed E-state index contributed by atoms with van der Waals surface area (Å²) >= 11 is 8.47. The summed E-state index contributed by atoms with van der Waals surface area (Å²) in [5.74, 6) is 0.382. The van der Waals surface area contributed by atoms with Crippen LogP contribution >= 0.6 is 28.1 Å². The molecule has 2 amide bonds. The molecule has 0 saturated carbocycles. The van der Waals surface area contributed by atoms with Crippen molar-refractivity contribution in [1.82, 2.24) is 16.2 Å². The van der Waals surface area contributed by atoms with Crippen LogP contribution in [0.15, 0.2) is 53.0 Å². The minimum atomic E-state index is -0.456. The number of ether oxygens (including phenoxy) is 2. The number of amides is 2. The van der Waals surface area contributed by atoms with Gasteiger partial charge in [0.25, 0.3) is 5.91 Å². The molecule has 0 heterocycles. The standard InChI is InChI=1S/C23H26BrN3O4S/c1-23(2,3)16-8-11-19(18(24)13-16)31-14-21(29)26-27-22(32)25-20(28)12-7-15-5-9-17(30-4)10-6-15/h5-13H,14H2,1-4H3,(H,26,29)(H2,25,27,28,32)/b12-7+. The minimum Gasteiger partial charge on any atom is -0.497 e. The van der Waals surface area contributed by atoms with E-state index < -0.39 is 11.8 Å². The molecular weight excluding hydrogens is 494 g/mol. The second kappa shape index (κ2) is 11.6. The molecule has 2 aromatic rings. The average Bonchev–Trinajstić information content (AvgIpc) is 2.75. The van der Waals surface area contributed by atoms with Crippen LogP contribution in [-0.2, 0) is 15.0 Å².